The fourth-order valence-electron chi connectivity index (χ4n) is 11.9. The monoisotopic (exact) mass is 830 g/mol. The van der Waals surface area contributed by atoms with Crippen molar-refractivity contribution in [3.8, 4) is 11.1 Å². The summed E-state index contributed by atoms with van der Waals surface area (Å²) in [5.74, 6) is 3.27. The van der Waals surface area contributed by atoms with Crippen LogP contribution in [0.15, 0.2) is 66.7 Å². The number of aryl methyl sites for hydroxylation is 3. The standard InChI is InChI=1S/C25H25.C18H25.C8H8.2ClH.Zr/c1-14-12-24(3,4)22-8-16-7-17-9-23-19(15(2)13-25(23,5)6)11-21(17)20(16)10-18(14)22;1-12-3-13(2)17(4-12)11-18-8-14-5-15(9-18)7-16(6-14)10-18;1-7-3-5-8(2)6-4-7;;;/h8-12H,7H2,1-6H3;3-4,14-16H,5-11H2,1-2H3;1,3-6H,2H3;2*1H;/q2*-1;;;;+2/p-2. The largest absolute Gasteiger partial charge is 1.00 e. The van der Waals surface area contributed by atoms with Gasteiger partial charge in [0.25, 0.3) is 0 Å². The van der Waals surface area contributed by atoms with Gasteiger partial charge in [0.2, 0.25) is 0 Å². The number of hydrogen-bond donors (Lipinski definition) is 0. The minimum atomic E-state index is 0. The Balaban J connectivity index is 0.000000150. The van der Waals surface area contributed by atoms with Crippen molar-refractivity contribution in [2.24, 2.45) is 23.2 Å². The van der Waals surface area contributed by atoms with Crippen LogP contribution in [0.5, 0.6) is 0 Å². The topological polar surface area (TPSA) is 0 Å². The van der Waals surface area contributed by atoms with Crippen LogP contribution < -0.4 is 24.8 Å². The van der Waals surface area contributed by atoms with E-state index >= 15 is 0 Å². The fraction of sp³-hybridized carbons (Fsp3) is 0.451. The van der Waals surface area contributed by atoms with E-state index in [1.165, 1.54) is 103 Å². The molecule has 0 spiro atoms. The Morgan fingerprint density at radius 3 is 1.81 bits per heavy atom. The molecule has 7 aliphatic rings. The summed E-state index contributed by atoms with van der Waals surface area (Å²) in [5.41, 5.74) is 22.6. The first kappa shape index (κ1) is 41.5. The van der Waals surface area contributed by atoms with Gasteiger partial charge in [0.15, 0.2) is 0 Å². The first-order valence-electron chi connectivity index (χ1n) is 20.1. The molecule has 4 aromatic rings. The summed E-state index contributed by atoms with van der Waals surface area (Å²) >= 11 is 1.47. The third kappa shape index (κ3) is 7.75. The summed E-state index contributed by atoms with van der Waals surface area (Å²) < 4.78 is 2.19. The van der Waals surface area contributed by atoms with Gasteiger partial charge in [-0.15, -0.1) is 11.6 Å². The summed E-state index contributed by atoms with van der Waals surface area (Å²) in [5, 5.41) is 0. The molecule has 0 radical (unpaired) electrons. The Hall–Kier alpha value is -2.18. The van der Waals surface area contributed by atoms with E-state index in [0.29, 0.717) is 5.41 Å². The van der Waals surface area contributed by atoms with Crippen molar-refractivity contribution in [2.45, 2.75) is 125 Å². The minimum Gasteiger partial charge on any atom is -1.00 e. The summed E-state index contributed by atoms with van der Waals surface area (Å²) in [6, 6.07) is 23.2. The first-order valence-corrected chi connectivity index (χ1v) is 21.5. The van der Waals surface area contributed by atoms with Gasteiger partial charge in [-0.25, -0.2) is 11.6 Å². The van der Waals surface area contributed by atoms with Gasteiger partial charge in [0.1, 0.15) is 0 Å². The molecular formula is C51H58Cl2Zr-2. The molecule has 4 saturated carbocycles. The van der Waals surface area contributed by atoms with Gasteiger partial charge in [-0.1, -0.05) is 78.5 Å². The summed E-state index contributed by atoms with van der Waals surface area (Å²) in [4.78, 5) is 0. The van der Waals surface area contributed by atoms with Gasteiger partial charge < -0.3 is 24.8 Å². The zero-order valence-electron chi connectivity index (χ0n) is 34.1. The van der Waals surface area contributed by atoms with E-state index in [1.807, 2.05) is 0 Å². The summed E-state index contributed by atoms with van der Waals surface area (Å²) in [7, 11) is 0. The fourth-order valence-corrected chi connectivity index (χ4v) is 12.4. The number of halogens is 2. The van der Waals surface area contributed by atoms with E-state index in [2.05, 4.69) is 139 Å². The second-order valence-electron chi connectivity index (χ2n) is 19.1. The molecule has 0 atom stereocenters. The van der Waals surface area contributed by atoms with E-state index in [1.54, 1.807) is 49.7 Å². The smallest absolute Gasteiger partial charge is 1.00 e. The van der Waals surface area contributed by atoms with Gasteiger partial charge >= 0.3 is 70.3 Å². The first-order chi connectivity index (χ1) is 24.6. The van der Waals surface area contributed by atoms with Crippen molar-refractivity contribution >= 4 is 14.9 Å². The Kier molecular flexibility index (Phi) is 11.7. The molecule has 0 aliphatic heterocycles. The normalized spacial score (nSPS) is 24.9. The van der Waals surface area contributed by atoms with Crippen molar-refractivity contribution in [3.05, 3.63) is 134 Å². The molecule has 4 fully saturated rings. The number of rotatable bonds is 3. The molecule has 0 heterocycles. The van der Waals surface area contributed by atoms with E-state index in [9.17, 15) is 0 Å². The molecule has 0 aromatic heterocycles. The molecule has 11 rings (SSSR count). The van der Waals surface area contributed by atoms with Crippen LogP contribution in [0.3, 0.4) is 0 Å². The van der Waals surface area contributed by atoms with Crippen LogP contribution in [0, 0.1) is 50.0 Å². The molecule has 282 valence electrons. The second-order valence-corrected chi connectivity index (χ2v) is 19.8. The maximum Gasteiger partial charge on any atom is -1.00 e. The third-order valence-electron chi connectivity index (χ3n) is 13.8. The van der Waals surface area contributed by atoms with Gasteiger partial charge in [-0.05, 0) is 120 Å². The molecule has 0 amide bonds. The molecule has 4 aromatic carbocycles. The summed E-state index contributed by atoms with van der Waals surface area (Å²) in [6.07, 6.45) is 17.9. The van der Waals surface area contributed by atoms with Crippen molar-refractivity contribution in [3.63, 3.8) is 0 Å². The molecule has 0 nitrogen and oxygen atoms in total. The van der Waals surface area contributed by atoms with Crippen LogP contribution >= 0.6 is 0 Å². The van der Waals surface area contributed by atoms with Gasteiger partial charge in [-0.3, -0.25) is 6.08 Å². The molecular weight excluding hydrogens is 775 g/mol. The van der Waals surface area contributed by atoms with E-state index < -0.39 is 0 Å². The van der Waals surface area contributed by atoms with E-state index in [4.69, 9.17) is 0 Å². The Bertz CT molecular complexity index is 2010. The van der Waals surface area contributed by atoms with Crippen LogP contribution in [0.4, 0.5) is 0 Å². The Morgan fingerprint density at radius 1 is 0.722 bits per heavy atom. The van der Waals surface area contributed by atoms with Crippen LogP contribution in [-0.4, -0.2) is 3.71 Å². The SMILES string of the molecule is CC1=[C-]C(C)(C)c2cc3c(cc21)-c1cc2c(cc1C3)C(C)(C)C=C2C.Cc1cc(CC23CC4CC(CC(C4)C2)C3)c(C)[cH-]1.Cc1ccc([CH]=[Zr+2])cc1.[Cl-].[Cl-]. The third-order valence-corrected chi connectivity index (χ3v) is 14.6. The maximum absolute atomic E-state index is 3.65. The van der Waals surface area contributed by atoms with Crippen molar-refractivity contribution in [1.82, 2.24) is 0 Å². The zero-order chi connectivity index (χ0) is 36.7. The summed E-state index contributed by atoms with van der Waals surface area (Å²) in [6.45, 7) is 20.3. The molecule has 3 heteroatoms. The van der Waals surface area contributed by atoms with E-state index in [-0.39, 0.29) is 35.6 Å². The average Bonchev–Trinajstić information content (AvgIpc) is 3.72. The van der Waals surface area contributed by atoms with Crippen LogP contribution in [-0.2, 0) is 47.9 Å². The van der Waals surface area contributed by atoms with Crippen LogP contribution in [0.2, 0.25) is 0 Å². The Morgan fingerprint density at radius 2 is 1.28 bits per heavy atom. The average molecular weight is 833 g/mol. The predicted molar refractivity (Wildman–Crippen MR) is 219 cm³/mol. The number of hydrogen-bond acceptors (Lipinski definition) is 0. The molecule has 7 aliphatic carbocycles. The van der Waals surface area contributed by atoms with Crippen LogP contribution in [0.25, 0.3) is 22.3 Å². The van der Waals surface area contributed by atoms with Crippen LogP contribution in [0.1, 0.15) is 141 Å². The molecule has 0 unspecified atom stereocenters. The maximum atomic E-state index is 3.65. The molecule has 54 heavy (non-hydrogen) atoms. The molecule has 0 saturated heterocycles. The quantitative estimate of drug-likeness (QED) is 0.173. The number of allylic oxidation sites excluding steroid dienone is 4. The number of benzene rings is 3. The van der Waals surface area contributed by atoms with E-state index in [0.717, 1.165) is 24.2 Å². The van der Waals surface area contributed by atoms with Crippen molar-refractivity contribution < 1.29 is 49.0 Å². The predicted octanol–water partition coefficient (Wildman–Crippen LogP) is 6.93. The zero-order valence-corrected chi connectivity index (χ0v) is 38.0. The molecule has 0 N–H and O–H groups in total. The van der Waals surface area contributed by atoms with Gasteiger partial charge in [0, 0.05) is 5.41 Å². The number of fused-ring (bicyclic) bond motifs is 5. The van der Waals surface area contributed by atoms with Gasteiger partial charge in [0.05, 0.1) is 0 Å². The minimum absolute atomic E-state index is 0. The second kappa shape index (κ2) is 15.3. The molecule has 4 bridgehead atoms. The Labute approximate surface area is 354 Å². The van der Waals surface area contributed by atoms with Crippen molar-refractivity contribution in [1.29, 1.82) is 0 Å². The van der Waals surface area contributed by atoms with Crippen molar-refractivity contribution in [2.75, 3.05) is 0 Å². The van der Waals surface area contributed by atoms with Gasteiger partial charge in [-0.2, -0.15) is 28.3 Å².